The summed E-state index contributed by atoms with van der Waals surface area (Å²) in [6, 6.07) is 0.461. The number of aryl methyl sites for hydroxylation is 2. The van der Waals surface area contributed by atoms with Crippen LogP contribution >= 0.6 is 11.3 Å². The second kappa shape index (κ2) is 5.47. The van der Waals surface area contributed by atoms with Crippen LogP contribution in [0.1, 0.15) is 48.3 Å². The third-order valence-corrected chi connectivity index (χ3v) is 3.56. The van der Waals surface area contributed by atoms with Crippen molar-refractivity contribution < 1.29 is 0 Å². The molecule has 1 aromatic heterocycles. The minimum absolute atomic E-state index is 0.461. The Morgan fingerprint density at radius 3 is 2.50 bits per heavy atom. The zero-order chi connectivity index (χ0) is 10.6. The number of rotatable bonds is 5. The summed E-state index contributed by atoms with van der Waals surface area (Å²) in [5, 5.41) is 4.74. The van der Waals surface area contributed by atoms with Gasteiger partial charge in [-0.25, -0.2) is 4.98 Å². The lowest BCUT2D eigenvalue weighted by atomic mass is 10.2. The van der Waals surface area contributed by atoms with Crippen molar-refractivity contribution in [3.05, 3.63) is 15.6 Å². The maximum atomic E-state index is 4.60. The van der Waals surface area contributed by atoms with Crippen LogP contribution in [0.4, 0.5) is 0 Å². The molecule has 0 spiro atoms. The lowest BCUT2D eigenvalue weighted by Crippen LogP contribution is -2.20. The summed E-state index contributed by atoms with van der Waals surface area (Å²) >= 11 is 1.83. The molecule has 80 valence electrons. The summed E-state index contributed by atoms with van der Waals surface area (Å²) in [6.45, 7) is 9.62. The number of nitrogens with zero attached hydrogens (tertiary/aromatic N) is 1. The van der Waals surface area contributed by atoms with Crippen molar-refractivity contribution in [2.75, 3.05) is 6.54 Å². The van der Waals surface area contributed by atoms with Crippen molar-refractivity contribution in [2.24, 2.45) is 0 Å². The van der Waals surface area contributed by atoms with Crippen molar-refractivity contribution in [1.29, 1.82) is 0 Å². The Labute approximate surface area is 90.8 Å². The van der Waals surface area contributed by atoms with Crippen LogP contribution in [-0.4, -0.2) is 11.5 Å². The molecule has 14 heavy (non-hydrogen) atoms. The predicted molar refractivity (Wildman–Crippen MR) is 62.9 cm³/mol. The molecule has 0 bridgehead atoms. The van der Waals surface area contributed by atoms with Gasteiger partial charge in [-0.2, -0.15) is 0 Å². The van der Waals surface area contributed by atoms with Crippen molar-refractivity contribution in [2.45, 2.75) is 46.6 Å². The molecule has 1 atom stereocenters. The predicted octanol–water partition coefficient (Wildman–Crippen LogP) is 3.21. The van der Waals surface area contributed by atoms with E-state index < -0.39 is 0 Å². The van der Waals surface area contributed by atoms with Gasteiger partial charge in [-0.3, -0.25) is 0 Å². The second-order valence-electron chi connectivity index (χ2n) is 3.59. The van der Waals surface area contributed by atoms with E-state index in [0.717, 1.165) is 6.54 Å². The van der Waals surface area contributed by atoms with Crippen LogP contribution in [0.15, 0.2) is 0 Å². The highest BCUT2D eigenvalue weighted by molar-refractivity contribution is 7.11. The van der Waals surface area contributed by atoms with Gasteiger partial charge in [0, 0.05) is 4.88 Å². The standard InChI is InChI=1S/C11H20N2S/c1-5-7-10(12-6-2)11-13-8(3)9(4)14-11/h10,12H,5-7H2,1-4H3. The highest BCUT2D eigenvalue weighted by atomic mass is 32.1. The van der Waals surface area contributed by atoms with Crippen LogP contribution in [0.3, 0.4) is 0 Å². The van der Waals surface area contributed by atoms with Crippen molar-refractivity contribution >= 4 is 11.3 Å². The summed E-state index contributed by atoms with van der Waals surface area (Å²) in [5.74, 6) is 0. The smallest absolute Gasteiger partial charge is 0.110 e. The molecular formula is C11H20N2S. The van der Waals surface area contributed by atoms with Crippen LogP contribution in [-0.2, 0) is 0 Å². The molecule has 3 heteroatoms. The van der Waals surface area contributed by atoms with Gasteiger partial charge in [0.25, 0.3) is 0 Å². The van der Waals surface area contributed by atoms with E-state index >= 15 is 0 Å². The number of thiazole rings is 1. The first-order valence-corrected chi connectivity index (χ1v) is 6.18. The average molecular weight is 212 g/mol. The van der Waals surface area contributed by atoms with Crippen LogP contribution < -0.4 is 5.32 Å². The fourth-order valence-corrected chi connectivity index (χ4v) is 2.53. The van der Waals surface area contributed by atoms with Crippen LogP contribution in [0.2, 0.25) is 0 Å². The van der Waals surface area contributed by atoms with Crippen molar-refractivity contribution in [3.63, 3.8) is 0 Å². The molecule has 1 rings (SSSR count). The summed E-state index contributed by atoms with van der Waals surface area (Å²) < 4.78 is 0. The van der Waals surface area contributed by atoms with Gasteiger partial charge < -0.3 is 5.32 Å². The van der Waals surface area contributed by atoms with Gasteiger partial charge in [-0.05, 0) is 26.8 Å². The molecule has 0 radical (unpaired) electrons. The largest absolute Gasteiger partial charge is 0.308 e. The second-order valence-corrected chi connectivity index (χ2v) is 4.83. The van der Waals surface area contributed by atoms with E-state index in [4.69, 9.17) is 0 Å². The van der Waals surface area contributed by atoms with Gasteiger partial charge in [0.1, 0.15) is 5.01 Å². The molecule has 0 aromatic carbocycles. The van der Waals surface area contributed by atoms with Gasteiger partial charge in [0.05, 0.1) is 11.7 Å². The third-order valence-electron chi connectivity index (χ3n) is 2.37. The number of nitrogens with one attached hydrogen (secondary N) is 1. The summed E-state index contributed by atoms with van der Waals surface area (Å²) in [4.78, 5) is 5.95. The minimum Gasteiger partial charge on any atom is -0.308 e. The molecule has 1 heterocycles. The zero-order valence-corrected chi connectivity index (χ0v) is 10.4. The molecule has 1 aromatic rings. The third kappa shape index (κ3) is 2.79. The Hall–Kier alpha value is -0.410. The van der Waals surface area contributed by atoms with E-state index in [1.54, 1.807) is 0 Å². The van der Waals surface area contributed by atoms with E-state index in [1.807, 2.05) is 11.3 Å². The maximum absolute atomic E-state index is 4.60. The Morgan fingerprint density at radius 2 is 2.07 bits per heavy atom. The molecule has 2 nitrogen and oxygen atoms in total. The van der Waals surface area contributed by atoms with Crippen molar-refractivity contribution in [1.82, 2.24) is 10.3 Å². The highest BCUT2D eigenvalue weighted by Gasteiger charge is 2.14. The first-order valence-electron chi connectivity index (χ1n) is 5.36. The summed E-state index contributed by atoms with van der Waals surface area (Å²) in [6.07, 6.45) is 2.38. The average Bonchev–Trinajstić information content (AvgIpc) is 2.47. The Kier molecular flexibility index (Phi) is 4.55. The molecular weight excluding hydrogens is 192 g/mol. The first kappa shape index (κ1) is 11.7. The zero-order valence-electron chi connectivity index (χ0n) is 9.55. The Balaban J connectivity index is 2.76. The van der Waals surface area contributed by atoms with Crippen LogP contribution in [0.5, 0.6) is 0 Å². The number of hydrogen-bond donors (Lipinski definition) is 1. The number of hydrogen-bond acceptors (Lipinski definition) is 3. The quantitative estimate of drug-likeness (QED) is 0.810. The first-order chi connectivity index (χ1) is 6.69. The van der Waals surface area contributed by atoms with E-state index in [9.17, 15) is 0 Å². The molecule has 0 aliphatic heterocycles. The topological polar surface area (TPSA) is 24.9 Å². The monoisotopic (exact) mass is 212 g/mol. The lowest BCUT2D eigenvalue weighted by molar-refractivity contribution is 0.506. The molecule has 0 amide bonds. The van der Waals surface area contributed by atoms with Gasteiger partial charge in [-0.1, -0.05) is 20.3 Å². The SMILES string of the molecule is CCCC(NCC)c1nc(C)c(C)s1. The van der Waals surface area contributed by atoms with Gasteiger partial charge >= 0.3 is 0 Å². The molecule has 0 fully saturated rings. The fourth-order valence-electron chi connectivity index (χ4n) is 1.49. The van der Waals surface area contributed by atoms with Crippen molar-refractivity contribution in [3.8, 4) is 0 Å². The highest BCUT2D eigenvalue weighted by Crippen LogP contribution is 2.25. The molecule has 0 saturated carbocycles. The lowest BCUT2D eigenvalue weighted by Gasteiger charge is -2.13. The van der Waals surface area contributed by atoms with Gasteiger partial charge in [0.2, 0.25) is 0 Å². The van der Waals surface area contributed by atoms with E-state index in [1.165, 1.54) is 28.4 Å². The molecule has 0 saturated heterocycles. The van der Waals surface area contributed by atoms with E-state index in [2.05, 4.69) is 38.0 Å². The Bertz CT molecular complexity index is 255. The molecule has 1 N–H and O–H groups in total. The van der Waals surface area contributed by atoms with E-state index in [-0.39, 0.29) is 0 Å². The Morgan fingerprint density at radius 1 is 1.36 bits per heavy atom. The summed E-state index contributed by atoms with van der Waals surface area (Å²) in [5.41, 5.74) is 1.18. The van der Waals surface area contributed by atoms with E-state index in [0.29, 0.717) is 6.04 Å². The fraction of sp³-hybridized carbons (Fsp3) is 0.727. The summed E-state index contributed by atoms with van der Waals surface area (Å²) in [7, 11) is 0. The molecule has 0 aliphatic rings. The maximum Gasteiger partial charge on any atom is 0.110 e. The van der Waals surface area contributed by atoms with Crippen LogP contribution in [0, 0.1) is 13.8 Å². The van der Waals surface area contributed by atoms with Crippen LogP contribution in [0.25, 0.3) is 0 Å². The number of aromatic nitrogens is 1. The van der Waals surface area contributed by atoms with Gasteiger partial charge in [-0.15, -0.1) is 11.3 Å². The normalized spacial score (nSPS) is 13.1. The molecule has 0 aliphatic carbocycles. The minimum atomic E-state index is 0.461. The van der Waals surface area contributed by atoms with Gasteiger partial charge in [0.15, 0.2) is 0 Å². The molecule has 1 unspecified atom stereocenters.